The molecule has 0 spiro atoms. The van der Waals surface area contributed by atoms with Crippen LogP contribution in [0.15, 0.2) is 42.5 Å². The number of fused-ring (bicyclic) bond motifs is 1. The average Bonchev–Trinajstić information content (AvgIpc) is 3.96. The highest BCUT2D eigenvalue weighted by Gasteiger charge is 2.62. The fourth-order valence-corrected chi connectivity index (χ4v) is 8.07. The number of allylic oxidation sites excluding steroid dienone is 2. The molecule has 0 bridgehead atoms. The maximum absolute atomic E-state index is 14.4. The van der Waals surface area contributed by atoms with E-state index in [-0.39, 0.29) is 51.1 Å². The van der Waals surface area contributed by atoms with Gasteiger partial charge in [0.15, 0.2) is 5.78 Å². The molecule has 1 saturated heterocycles. The summed E-state index contributed by atoms with van der Waals surface area (Å²) in [6.07, 6.45) is 0.324. The number of ether oxygens (including phenoxy) is 2. The number of benzene rings is 1. The zero-order valence-electron chi connectivity index (χ0n) is 31.1. The lowest BCUT2D eigenvalue weighted by molar-refractivity contribution is -0.141. The van der Waals surface area contributed by atoms with Gasteiger partial charge in [0.05, 0.1) is 18.3 Å². The summed E-state index contributed by atoms with van der Waals surface area (Å²) >= 11 is 0. The number of rotatable bonds is 13. The zero-order chi connectivity index (χ0) is 39.7. The average molecular weight is 774 g/mol. The second-order valence-corrected chi connectivity index (χ2v) is 17.6. The minimum atomic E-state index is -3.97. The van der Waals surface area contributed by atoms with Crippen molar-refractivity contribution >= 4 is 45.7 Å². The van der Waals surface area contributed by atoms with Crippen LogP contribution in [0.3, 0.4) is 0 Å². The van der Waals surface area contributed by atoms with Crippen LogP contribution in [0.2, 0.25) is 0 Å². The van der Waals surface area contributed by atoms with E-state index in [1.807, 2.05) is 0 Å². The SMILES string of the molecule is C=C[C@@H]1C[C@]1(NC(=O)C1C[C@@H](OC(=O)N2Cc3cccc(F)c3C2)CN1C(=O)[C@H](CCC(=O)C=C(C)C)NC(=O)OC(C)(C)C)C(=O)NS(=O)(=O)C1CC1. The number of likely N-dealkylation sites (tertiary alicyclic amines) is 1. The molecule has 2 aliphatic heterocycles. The fraction of sp³-hybridized carbons (Fsp3) is 0.568. The molecule has 294 valence electrons. The van der Waals surface area contributed by atoms with E-state index < -0.39 is 86.2 Å². The molecule has 5 rings (SSSR count). The van der Waals surface area contributed by atoms with E-state index >= 15 is 0 Å². The van der Waals surface area contributed by atoms with Gasteiger partial charge in [-0.2, -0.15) is 0 Å². The summed E-state index contributed by atoms with van der Waals surface area (Å²) < 4.78 is 53.0. The number of hydrogen-bond donors (Lipinski definition) is 3. The summed E-state index contributed by atoms with van der Waals surface area (Å²) in [6, 6.07) is 1.79. The number of hydrogen-bond acceptors (Lipinski definition) is 10. The number of carbonyl (C=O) groups excluding carboxylic acids is 6. The van der Waals surface area contributed by atoms with E-state index in [0.717, 1.165) is 10.5 Å². The second kappa shape index (κ2) is 15.5. The number of nitrogens with zero attached hydrogens (tertiary/aromatic N) is 2. The molecule has 4 aliphatic rings. The first-order valence-electron chi connectivity index (χ1n) is 17.9. The van der Waals surface area contributed by atoms with E-state index in [1.54, 1.807) is 40.7 Å². The molecule has 15 nitrogen and oxygen atoms in total. The van der Waals surface area contributed by atoms with Gasteiger partial charge in [-0.1, -0.05) is 23.8 Å². The molecule has 0 aromatic heterocycles. The van der Waals surface area contributed by atoms with Gasteiger partial charge in [-0.3, -0.25) is 28.8 Å². The summed E-state index contributed by atoms with van der Waals surface area (Å²) in [5, 5.41) is 4.48. The lowest BCUT2D eigenvalue weighted by atomic mass is 10.1. The first-order chi connectivity index (χ1) is 25.2. The predicted molar refractivity (Wildman–Crippen MR) is 192 cm³/mol. The first-order valence-corrected chi connectivity index (χ1v) is 19.5. The number of alkyl carbamates (subject to hydrolysis) is 1. The number of halogens is 1. The Morgan fingerprint density at radius 3 is 2.41 bits per heavy atom. The molecule has 5 amide bonds. The second-order valence-electron chi connectivity index (χ2n) is 15.6. The number of carbonyl (C=O) groups is 6. The zero-order valence-corrected chi connectivity index (χ0v) is 31.9. The highest BCUT2D eigenvalue weighted by atomic mass is 32.2. The van der Waals surface area contributed by atoms with Gasteiger partial charge in [0.1, 0.15) is 35.1 Å². The Labute approximate surface area is 314 Å². The topological polar surface area (TPSA) is 198 Å². The molecular weight excluding hydrogens is 725 g/mol. The third kappa shape index (κ3) is 9.46. The van der Waals surface area contributed by atoms with Crippen molar-refractivity contribution in [2.45, 2.75) is 121 Å². The van der Waals surface area contributed by atoms with Gasteiger partial charge >= 0.3 is 12.2 Å². The van der Waals surface area contributed by atoms with Crippen LogP contribution in [-0.4, -0.2) is 95.0 Å². The summed E-state index contributed by atoms with van der Waals surface area (Å²) in [5.41, 5.74) is -0.910. The Hall–Kier alpha value is -4.80. The molecular formula is C37H48FN5O10S. The number of amides is 5. The highest BCUT2D eigenvalue weighted by Crippen LogP contribution is 2.45. The van der Waals surface area contributed by atoms with Gasteiger partial charge in [-0.25, -0.2) is 22.4 Å². The summed E-state index contributed by atoms with van der Waals surface area (Å²) in [4.78, 5) is 83.2. The van der Waals surface area contributed by atoms with Gasteiger partial charge in [0.2, 0.25) is 21.8 Å². The van der Waals surface area contributed by atoms with Crippen LogP contribution in [0.25, 0.3) is 0 Å². The van der Waals surface area contributed by atoms with Crippen LogP contribution in [-0.2, 0) is 51.8 Å². The van der Waals surface area contributed by atoms with Crippen molar-refractivity contribution < 1.29 is 51.0 Å². The molecule has 17 heteroatoms. The van der Waals surface area contributed by atoms with Crippen molar-refractivity contribution in [1.82, 2.24) is 25.2 Å². The van der Waals surface area contributed by atoms with Crippen molar-refractivity contribution in [2.75, 3.05) is 6.54 Å². The molecule has 2 aliphatic carbocycles. The molecule has 3 N–H and O–H groups in total. The fourth-order valence-electron chi connectivity index (χ4n) is 6.71. The maximum Gasteiger partial charge on any atom is 0.410 e. The Kier molecular flexibility index (Phi) is 11.6. The van der Waals surface area contributed by atoms with E-state index in [4.69, 9.17) is 9.47 Å². The quantitative estimate of drug-likeness (QED) is 0.198. The van der Waals surface area contributed by atoms with Gasteiger partial charge in [-0.15, -0.1) is 6.58 Å². The van der Waals surface area contributed by atoms with Crippen molar-refractivity contribution in [3.8, 4) is 0 Å². The molecule has 3 fully saturated rings. The third-order valence-corrected chi connectivity index (χ3v) is 11.5. The maximum atomic E-state index is 14.4. The molecule has 1 aromatic rings. The lowest BCUT2D eigenvalue weighted by Crippen LogP contribution is -2.58. The molecule has 54 heavy (non-hydrogen) atoms. The molecule has 0 radical (unpaired) electrons. The van der Waals surface area contributed by atoms with Crippen molar-refractivity contribution in [1.29, 1.82) is 0 Å². The largest absolute Gasteiger partial charge is 0.444 e. The van der Waals surface area contributed by atoms with Gasteiger partial charge in [0.25, 0.3) is 5.91 Å². The number of nitrogens with one attached hydrogen (secondary N) is 3. The highest BCUT2D eigenvalue weighted by molar-refractivity contribution is 7.91. The first kappa shape index (κ1) is 40.4. The Balaban J connectivity index is 1.39. The van der Waals surface area contributed by atoms with Crippen LogP contribution in [0.5, 0.6) is 0 Å². The third-order valence-electron chi connectivity index (χ3n) is 9.67. The Bertz CT molecular complexity index is 1870. The van der Waals surface area contributed by atoms with Crippen molar-refractivity contribution in [3.05, 3.63) is 59.4 Å². The van der Waals surface area contributed by atoms with Crippen molar-refractivity contribution in [2.24, 2.45) is 5.92 Å². The molecule has 1 aromatic carbocycles. The van der Waals surface area contributed by atoms with E-state index in [9.17, 15) is 41.6 Å². The van der Waals surface area contributed by atoms with Gasteiger partial charge < -0.3 is 25.0 Å². The Morgan fingerprint density at radius 1 is 1.11 bits per heavy atom. The summed E-state index contributed by atoms with van der Waals surface area (Å²) in [5.74, 6) is -3.94. The summed E-state index contributed by atoms with van der Waals surface area (Å²) in [7, 11) is -3.97. The molecule has 2 heterocycles. The minimum absolute atomic E-state index is 0.0496. The summed E-state index contributed by atoms with van der Waals surface area (Å²) in [6.45, 7) is 11.8. The molecule has 2 saturated carbocycles. The number of ketones is 1. The van der Waals surface area contributed by atoms with E-state index in [2.05, 4.69) is 21.9 Å². The van der Waals surface area contributed by atoms with Gasteiger partial charge in [0, 0.05) is 30.9 Å². The Morgan fingerprint density at radius 2 is 1.81 bits per heavy atom. The van der Waals surface area contributed by atoms with E-state index in [1.165, 1.54) is 29.2 Å². The normalized spacial score (nSPS) is 23.7. The van der Waals surface area contributed by atoms with Crippen LogP contribution in [0.1, 0.15) is 84.3 Å². The predicted octanol–water partition coefficient (Wildman–Crippen LogP) is 3.13. The van der Waals surface area contributed by atoms with Crippen LogP contribution in [0.4, 0.5) is 14.0 Å². The monoisotopic (exact) mass is 773 g/mol. The molecule has 1 unspecified atom stereocenters. The van der Waals surface area contributed by atoms with Crippen molar-refractivity contribution in [3.63, 3.8) is 0 Å². The van der Waals surface area contributed by atoms with Gasteiger partial charge in [-0.05, 0) is 78.0 Å². The van der Waals surface area contributed by atoms with Crippen LogP contribution < -0.4 is 15.4 Å². The molecule has 5 atom stereocenters. The van der Waals surface area contributed by atoms with E-state index in [0.29, 0.717) is 24.0 Å². The standard InChI is InChI=1S/C37H48FN5O10S/c1-7-23-17-37(23,33(47)41-54(50,51)26-12-13-26)40-31(45)30-16-25(52-35(49)42-18-22-9-8-10-28(38)27(22)20-42)19-43(30)32(46)29(14-11-24(44)15-21(2)3)39-34(48)53-36(4,5)6/h7-10,15,23,25-26,29-30H,1,11-14,16-20H2,2-6H3,(H,39,48)(H,40,45)(H,41,47)/t23-,25-,29+,30?,37-/m1/s1. The van der Waals surface area contributed by atoms with Crippen LogP contribution in [0, 0.1) is 11.7 Å². The smallest absolute Gasteiger partial charge is 0.410 e. The number of sulfonamides is 1. The van der Waals surface area contributed by atoms with Crippen LogP contribution >= 0.6 is 0 Å². The minimum Gasteiger partial charge on any atom is -0.444 e. The lowest BCUT2D eigenvalue weighted by Gasteiger charge is -2.30.